The maximum atomic E-state index is 14.0. The first kappa shape index (κ1) is 22.8. The van der Waals surface area contributed by atoms with Gasteiger partial charge in [-0.2, -0.15) is 0 Å². The van der Waals surface area contributed by atoms with E-state index in [1.807, 2.05) is 41.3 Å². The molecule has 1 aliphatic carbocycles. The molecule has 0 bridgehead atoms. The lowest BCUT2D eigenvalue weighted by atomic mass is 9.74. The summed E-state index contributed by atoms with van der Waals surface area (Å²) >= 11 is 0. The van der Waals surface area contributed by atoms with E-state index in [1.165, 1.54) is 6.42 Å². The molecule has 1 saturated carbocycles. The maximum Gasteiger partial charge on any atom is 0.254 e. The Morgan fingerprint density at radius 3 is 2.53 bits per heavy atom. The van der Waals surface area contributed by atoms with Gasteiger partial charge < -0.3 is 19.7 Å². The number of hydrogen-bond donors (Lipinski definition) is 1. The van der Waals surface area contributed by atoms with E-state index < -0.39 is 5.92 Å². The molecule has 5 atom stereocenters. The van der Waals surface area contributed by atoms with E-state index in [9.17, 15) is 9.59 Å². The third-order valence-electron chi connectivity index (χ3n) is 8.34. The van der Waals surface area contributed by atoms with Crippen LogP contribution in [0.25, 0.3) is 0 Å². The Morgan fingerprint density at radius 1 is 1.03 bits per heavy atom. The third-order valence-corrected chi connectivity index (χ3v) is 8.34. The van der Waals surface area contributed by atoms with Gasteiger partial charge in [-0.3, -0.25) is 9.59 Å². The Hall–Kier alpha value is -3.02. The van der Waals surface area contributed by atoms with Crippen LogP contribution in [0, 0.1) is 11.8 Å². The molecular weight excluding hydrogens is 428 g/mol. The van der Waals surface area contributed by atoms with Gasteiger partial charge in [0.15, 0.2) is 11.5 Å². The van der Waals surface area contributed by atoms with Gasteiger partial charge in [0.2, 0.25) is 5.91 Å². The summed E-state index contributed by atoms with van der Waals surface area (Å²) < 4.78 is 11.1. The summed E-state index contributed by atoms with van der Waals surface area (Å²) in [5.74, 6) is 1.82. The molecule has 0 saturated heterocycles. The zero-order valence-corrected chi connectivity index (χ0v) is 20.5. The molecule has 2 aromatic rings. The van der Waals surface area contributed by atoms with Crippen molar-refractivity contribution in [2.45, 2.75) is 57.5 Å². The lowest BCUT2D eigenvalue weighted by Gasteiger charge is -2.46. The lowest BCUT2D eigenvalue weighted by Crippen LogP contribution is -2.52. The summed E-state index contributed by atoms with van der Waals surface area (Å²) in [6.45, 7) is 5.09. The highest BCUT2D eigenvalue weighted by Crippen LogP contribution is 2.48. The third kappa shape index (κ3) is 3.64. The molecular formula is C28H34N2O4. The van der Waals surface area contributed by atoms with Crippen LogP contribution in [-0.4, -0.2) is 43.5 Å². The molecule has 2 heterocycles. The Morgan fingerprint density at radius 2 is 1.76 bits per heavy atom. The zero-order valence-electron chi connectivity index (χ0n) is 20.5. The number of nitrogens with one attached hydrogen (secondary N) is 1. The average Bonchev–Trinajstić information content (AvgIpc) is 2.86. The monoisotopic (exact) mass is 462 g/mol. The number of ether oxygens (including phenoxy) is 2. The first-order chi connectivity index (χ1) is 16.4. The quantitative estimate of drug-likeness (QED) is 0.727. The predicted molar refractivity (Wildman–Crippen MR) is 130 cm³/mol. The lowest BCUT2D eigenvalue weighted by molar-refractivity contribution is -0.125. The van der Waals surface area contributed by atoms with Crippen LogP contribution in [0.4, 0.5) is 0 Å². The van der Waals surface area contributed by atoms with E-state index in [2.05, 4.69) is 19.2 Å². The molecule has 2 amide bonds. The Balaban J connectivity index is 1.60. The van der Waals surface area contributed by atoms with Crippen LogP contribution in [0.5, 0.6) is 11.5 Å². The molecule has 6 nitrogen and oxygen atoms in total. The maximum absolute atomic E-state index is 14.0. The molecule has 3 aliphatic rings. The van der Waals surface area contributed by atoms with Crippen LogP contribution >= 0.6 is 0 Å². The second-order valence-corrected chi connectivity index (χ2v) is 10.0. The summed E-state index contributed by atoms with van der Waals surface area (Å²) in [7, 11) is 3.24. The highest BCUT2D eigenvalue weighted by Gasteiger charge is 2.47. The van der Waals surface area contributed by atoms with Gasteiger partial charge in [0, 0.05) is 18.2 Å². The molecule has 1 N–H and O–H groups in total. The number of nitrogens with zero attached hydrogens (tertiary/aromatic N) is 1. The van der Waals surface area contributed by atoms with E-state index in [1.54, 1.807) is 14.2 Å². The van der Waals surface area contributed by atoms with Crippen molar-refractivity contribution in [1.82, 2.24) is 10.2 Å². The molecule has 2 aliphatic heterocycles. The second-order valence-electron chi connectivity index (χ2n) is 10.0. The minimum absolute atomic E-state index is 0.00327. The van der Waals surface area contributed by atoms with Crippen LogP contribution in [0.3, 0.4) is 0 Å². The molecule has 180 valence electrons. The van der Waals surface area contributed by atoms with Gasteiger partial charge in [-0.05, 0) is 59.6 Å². The minimum atomic E-state index is -0.476. The summed E-state index contributed by atoms with van der Waals surface area (Å²) in [4.78, 5) is 29.4. The number of methoxy groups -OCH3 is 2. The van der Waals surface area contributed by atoms with Crippen LogP contribution < -0.4 is 14.8 Å². The summed E-state index contributed by atoms with van der Waals surface area (Å²) in [6.07, 6.45) is 4.05. The molecule has 6 heteroatoms. The average molecular weight is 463 g/mol. The van der Waals surface area contributed by atoms with Crippen LogP contribution in [-0.2, 0) is 11.2 Å². The molecule has 2 aromatic carbocycles. The number of carbonyl (C=O) groups is 2. The number of hydrogen-bond acceptors (Lipinski definition) is 4. The highest BCUT2D eigenvalue weighted by molar-refractivity contribution is 6.01. The second kappa shape index (κ2) is 8.97. The topological polar surface area (TPSA) is 67.9 Å². The predicted octanol–water partition coefficient (Wildman–Crippen LogP) is 4.48. The van der Waals surface area contributed by atoms with E-state index in [0.29, 0.717) is 41.9 Å². The first-order valence-electron chi connectivity index (χ1n) is 12.4. The van der Waals surface area contributed by atoms with Crippen molar-refractivity contribution in [2.75, 3.05) is 20.8 Å². The van der Waals surface area contributed by atoms with Crippen LogP contribution in [0.15, 0.2) is 36.4 Å². The molecule has 5 rings (SSSR count). The fourth-order valence-electron chi connectivity index (χ4n) is 6.19. The number of carbonyl (C=O) groups excluding carboxylic acids is 2. The van der Waals surface area contributed by atoms with Gasteiger partial charge in [-0.25, -0.2) is 0 Å². The van der Waals surface area contributed by atoms with Crippen molar-refractivity contribution in [3.63, 3.8) is 0 Å². The minimum Gasteiger partial charge on any atom is -0.493 e. The SMILES string of the molecule is COc1cc2c(cc1OC)[C@@H]1[C@H](C(=O)N[C@@H]3CCC[C@@H](C)[C@H]3C)c3ccccc3C(=O)N1CC2. The van der Waals surface area contributed by atoms with E-state index in [-0.39, 0.29) is 23.9 Å². The molecule has 0 spiro atoms. The summed E-state index contributed by atoms with van der Waals surface area (Å²) in [5, 5.41) is 3.41. The molecule has 1 fully saturated rings. The number of amides is 2. The van der Waals surface area contributed by atoms with Crippen molar-refractivity contribution in [3.8, 4) is 11.5 Å². The van der Waals surface area contributed by atoms with Crippen LogP contribution in [0.1, 0.15) is 72.1 Å². The molecule has 0 radical (unpaired) electrons. The number of fused-ring (bicyclic) bond motifs is 4. The van der Waals surface area contributed by atoms with Crippen molar-refractivity contribution in [2.24, 2.45) is 11.8 Å². The van der Waals surface area contributed by atoms with Crippen molar-refractivity contribution >= 4 is 11.8 Å². The van der Waals surface area contributed by atoms with Crippen molar-refractivity contribution in [1.29, 1.82) is 0 Å². The Labute approximate surface area is 201 Å². The molecule has 0 aromatic heterocycles. The smallest absolute Gasteiger partial charge is 0.254 e. The van der Waals surface area contributed by atoms with Gasteiger partial charge in [-0.1, -0.05) is 44.9 Å². The molecule has 34 heavy (non-hydrogen) atoms. The fourth-order valence-corrected chi connectivity index (χ4v) is 6.19. The Bertz CT molecular complexity index is 1110. The van der Waals surface area contributed by atoms with Crippen molar-refractivity contribution in [3.05, 3.63) is 58.7 Å². The highest BCUT2D eigenvalue weighted by atomic mass is 16.5. The summed E-state index contributed by atoms with van der Waals surface area (Å²) in [6, 6.07) is 11.3. The largest absolute Gasteiger partial charge is 0.493 e. The summed E-state index contributed by atoms with van der Waals surface area (Å²) in [5.41, 5.74) is 3.51. The normalized spacial score (nSPS) is 27.8. The van der Waals surface area contributed by atoms with Gasteiger partial charge in [0.05, 0.1) is 26.2 Å². The molecule has 0 unspecified atom stereocenters. The first-order valence-corrected chi connectivity index (χ1v) is 12.4. The van der Waals surface area contributed by atoms with Gasteiger partial charge in [0.25, 0.3) is 5.91 Å². The van der Waals surface area contributed by atoms with E-state index in [4.69, 9.17) is 9.47 Å². The van der Waals surface area contributed by atoms with Crippen molar-refractivity contribution < 1.29 is 19.1 Å². The van der Waals surface area contributed by atoms with E-state index >= 15 is 0 Å². The van der Waals surface area contributed by atoms with E-state index in [0.717, 1.165) is 29.5 Å². The number of rotatable bonds is 4. The van der Waals surface area contributed by atoms with Gasteiger partial charge in [-0.15, -0.1) is 0 Å². The Kier molecular flexibility index (Phi) is 6.00. The standard InChI is InChI=1S/C28H34N2O4/c1-16-8-7-11-22(17(16)2)29-27(31)25-19-9-5-6-10-20(19)28(32)30-13-12-18-14-23(33-3)24(34-4)15-21(18)26(25)30/h5-6,9-10,14-17,22,25-26H,7-8,11-13H2,1-4H3,(H,29,31)/t16-,17-,22-,25-,26-/m1/s1. The van der Waals surface area contributed by atoms with Gasteiger partial charge >= 0.3 is 0 Å². The van der Waals surface area contributed by atoms with Gasteiger partial charge in [0.1, 0.15) is 0 Å². The van der Waals surface area contributed by atoms with Crippen LogP contribution in [0.2, 0.25) is 0 Å². The number of benzene rings is 2. The fraction of sp³-hybridized carbons (Fsp3) is 0.500. The zero-order chi connectivity index (χ0) is 24.0.